The van der Waals surface area contributed by atoms with Crippen molar-refractivity contribution in [1.82, 2.24) is 15.3 Å². The Morgan fingerprint density at radius 3 is 3.00 bits per heavy atom. The molecule has 1 N–H and O–H groups in total. The third kappa shape index (κ3) is 3.31. The van der Waals surface area contributed by atoms with Gasteiger partial charge in [0.15, 0.2) is 0 Å². The zero-order valence-corrected chi connectivity index (χ0v) is 14.4. The van der Waals surface area contributed by atoms with Gasteiger partial charge in [-0.25, -0.2) is 9.97 Å². The van der Waals surface area contributed by atoms with Crippen LogP contribution in [-0.4, -0.2) is 29.1 Å². The molecule has 2 atom stereocenters. The second-order valence-electron chi connectivity index (χ2n) is 5.92. The van der Waals surface area contributed by atoms with Crippen LogP contribution in [0, 0.1) is 6.92 Å². The van der Waals surface area contributed by atoms with E-state index < -0.39 is 0 Å². The van der Waals surface area contributed by atoms with Crippen LogP contribution in [0.4, 0.5) is 5.82 Å². The highest BCUT2D eigenvalue weighted by atomic mass is 32.1. The standard InChI is InChI=1S/C17H24N4S/c1-4-16-20-13(3)17(22-16)12(2)19-14-8-10-21(11-14)15-7-5-6-9-18-15/h5-7,9,12,14,19H,4,8,10-11H2,1-3H3/t12-,14-/m1/s1. The van der Waals surface area contributed by atoms with Crippen molar-refractivity contribution >= 4 is 17.2 Å². The fourth-order valence-electron chi connectivity index (χ4n) is 3.09. The van der Waals surface area contributed by atoms with E-state index in [1.165, 1.54) is 22.0 Å². The highest BCUT2D eigenvalue weighted by Crippen LogP contribution is 2.27. The monoisotopic (exact) mass is 316 g/mol. The van der Waals surface area contributed by atoms with Gasteiger partial charge in [0, 0.05) is 36.2 Å². The van der Waals surface area contributed by atoms with Crippen LogP contribution in [0.5, 0.6) is 0 Å². The summed E-state index contributed by atoms with van der Waals surface area (Å²) in [6.45, 7) is 8.65. The highest BCUT2D eigenvalue weighted by molar-refractivity contribution is 7.11. The maximum atomic E-state index is 4.65. The van der Waals surface area contributed by atoms with Crippen LogP contribution >= 0.6 is 11.3 Å². The van der Waals surface area contributed by atoms with E-state index in [9.17, 15) is 0 Å². The second-order valence-corrected chi connectivity index (χ2v) is 7.03. The largest absolute Gasteiger partial charge is 0.355 e. The normalized spacial score (nSPS) is 19.6. The van der Waals surface area contributed by atoms with E-state index in [0.717, 1.165) is 25.3 Å². The first kappa shape index (κ1) is 15.4. The smallest absolute Gasteiger partial charge is 0.128 e. The molecule has 0 aromatic carbocycles. The summed E-state index contributed by atoms with van der Waals surface area (Å²) in [6, 6.07) is 7.00. The number of pyridine rings is 1. The predicted octanol–water partition coefficient (Wildman–Crippen LogP) is 3.34. The van der Waals surface area contributed by atoms with E-state index in [2.05, 4.69) is 53.1 Å². The summed E-state index contributed by atoms with van der Waals surface area (Å²) in [5.41, 5.74) is 1.18. The Kier molecular flexibility index (Phi) is 4.74. The van der Waals surface area contributed by atoms with Crippen LogP contribution in [0.1, 0.15) is 41.9 Å². The molecule has 0 bridgehead atoms. The van der Waals surface area contributed by atoms with E-state index >= 15 is 0 Å². The maximum Gasteiger partial charge on any atom is 0.128 e. The summed E-state index contributed by atoms with van der Waals surface area (Å²) in [6.07, 6.45) is 4.06. The van der Waals surface area contributed by atoms with Gasteiger partial charge in [0.1, 0.15) is 5.82 Å². The molecule has 22 heavy (non-hydrogen) atoms. The SMILES string of the molecule is CCc1nc(C)c([C@@H](C)N[C@@H]2CCN(c3ccccn3)C2)s1. The van der Waals surface area contributed by atoms with E-state index in [1.54, 1.807) is 0 Å². The summed E-state index contributed by atoms with van der Waals surface area (Å²) in [7, 11) is 0. The summed E-state index contributed by atoms with van der Waals surface area (Å²) in [5, 5.41) is 5.01. The minimum absolute atomic E-state index is 0.367. The third-order valence-corrected chi connectivity index (χ3v) is 5.70. The van der Waals surface area contributed by atoms with Crippen molar-refractivity contribution in [2.45, 2.75) is 45.7 Å². The molecule has 3 rings (SSSR count). The molecule has 2 aromatic heterocycles. The van der Waals surface area contributed by atoms with Crippen molar-refractivity contribution < 1.29 is 0 Å². The van der Waals surface area contributed by atoms with Crippen molar-refractivity contribution in [3.63, 3.8) is 0 Å². The third-order valence-electron chi connectivity index (χ3n) is 4.22. The molecule has 1 fully saturated rings. The molecule has 0 spiro atoms. The second kappa shape index (κ2) is 6.75. The van der Waals surface area contributed by atoms with Crippen molar-refractivity contribution in [3.05, 3.63) is 40.0 Å². The minimum Gasteiger partial charge on any atom is -0.355 e. The Balaban J connectivity index is 1.61. The summed E-state index contributed by atoms with van der Waals surface area (Å²) in [5.74, 6) is 1.08. The lowest BCUT2D eigenvalue weighted by Crippen LogP contribution is -2.34. The number of nitrogens with one attached hydrogen (secondary N) is 1. The fourth-order valence-corrected chi connectivity index (χ4v) is 4.11. The van der Waals surface area contributed by atoms with E-state index in [1.807, 2.05) is 23.6 Å². The van der Waals surface area contributed by atoms with Gasteiger partial charge >= 0.3 is 0 Å². The van der Waals surface area contributed by atoms with Crippen LogP contribution < -0.4 is 10.2 Å². The number of anilines is 1. The lowest BCUT2D eigenvalue weighted by Gasteiger charge is -2.20. The van der Waals surface area contributed by atoms with Crippen LogP contribution in [0.2, 0.25) is 0 Å². The van der Waals surface area contributed by atoms with Gasteiger partial charge in [0.05, 0.1) is 10.7 Å². The van der Waals surface area contributed by atoms with Gasteiger partial charge in [0.25, 0.3) is 0 Å². The highest BCUT2D eigenvalue weighted by Gasteiger charge is 2.25. The molecule has 3 heterocycles. The van der Waals surface area contributed by atoms with Gasteiger partial charge in [-0.2, -0.15) is 0 Å². The molecule has 0 unspecified atom stereocenters. The van der Waals surface area contributed by atoms with Crippen LogP contribution in [0.15, 0.2) is 24.4 Å². The first-order valence-electron chi connectivity index (χ1n) is 8.05. The number of aromatic nitrogens is 2. The topological polar surface area (TPSA) is 41.1 Å². The number of thiazole rings is 1. The molecule has 0 radical (unpaired) electrons. The Morgan fingerprint density at radius 2 is 2.32 bits per heavy atom. The van der Waals surface area contributed by atoms with E-state index in [-0.39, 0.29) is 0 Å². The molecule has 1 aliphatic rings. The first-order chi connectivity index (χ1) is 10.7. The molecule has 0 amide bonds. The minimum atomic E-state index is 0.367. The lowest BCUT2D eigenvalue weighted by molar-refractivity contribution is 0.484. The van der Waals surface area contributed by atoms with Gasteiger partial charge in [0.2, 0.25) is 0 Å². The van der Waals surface area contributed by atoms with Gasteiger partial charge in [-0.15, -0.1) is 11.3 Å². The molecule has 1 aliphatic heterocycles. The number of aryl methyl sites for hydroxylation is 2. The summed E-state index contributed by atoms with van der Waals surface area (Å²) >= 11 is 1.85. The molecule has 1 saturated heterocycles. The summed E-state index contributed by atoms with van der Waals surface area (Å²) < 4.78 is 0. The Morgan fingerprint density at radius 1 is 1.45 bits per heavy atom. The number of nitrogens with zero attached hydrogens (tertiary/aromatic N) is 3. The Hall–Kier alpha value is -1.46. The molecule has 4 nitrogen and oxygen atoms in total. The van der Waals surface area contributed by atoms with Gasteiger partial charge < -0.3 is 10.2 Å². The molecule has 2 aromatic rings. The van der Waals surface area contributed by atoms with Crippen molar-refractivity contribution in [2.75, 3.05) is 18.0 Å². The zero-order chi connectivity index (χ0) is 15.5. The van der Waals surface area contributed by atoms with E-state index in [0.29, 0.717) is 12.1 Å². The van der Waals surface area contributed by atoms with Crippen molar-refractivity contribution in [3.8, 4) is 0 Å². The molecule has 0 aliphatic carbocycles. The zero-order valence-electron chi connectivity index (χ0n) is 13.5. The Labute approximate surface area is 136 Å². The average molecular weight is 316 g/mol. The molecule has 5 heteroatoms. The quantitative estimate of drug-likeness (QED) is 0.918. The first-order valence-corrected chi connectivity index (χ1v) is 8.87. The number of rotatable bonds is 5. The Bertz CT molecular complexity index is 610. The fraction of sp³-hybridized carbons (Fsp3) is 0.529. The maximum absolute atomic E-state index is 4.65. The van der Waals surface area contributed by atoms with Crippen LogP contribution in [0.25, 0.3) is 0 Å². The van der Waals surface area contributed by atoms with Gasteiger partial charge in [-0.1, -0.05) is 13.0 Å². The molecular formula is C17H24N4S. The molecule has 118 valence electrons. The van der Waals surface area contributed by atoms with Crippen LogP contribution in [-0.2, 0) is 6.42 Å². The predicted molar refractivity (Wildman–Crippen MR) is 92.6 cm³/mol. The number of hydrogen-bond donors (Lipinski definition) is 1. The average Bonchev–Trinajstić information content (AvgIpc) is 3.14. The van der Waals surface area contributed by atoms with Gasteiger partial charge in [-0.3, -0.25) is 0 Å². The number of hydrogen-bond acceptors (Lipinski definition) is 5. The van der Waals surface area contributed by atoms with Crippen molar-refractivity contribution in [2.24, 2.45) is 0 Å². The van der Waals surface area contributed by atoms with E-state index in [4.69, 9.17) is 0 Å². The van der Waals surface area contributed by atoms with Gasteiger partial charge in [-0.05, 0) is 38.8 Å². The molecule has 0 saturated carbocycles. The van der Waals surface area contributed by atoms with Crippen LogP contribution in [0.3, 0.4) is 0 Å². The lowest BCUT2D eigenvalue weighted by atomic mass is 10.2. The summed E-state index contributed by atoms with van der Waals surface area (Å²) in [4.78, 5) is 12.8. The molecular weight excluding hydrogens is 292 g/mol. The van der Waals surface area contributed by atoms with Crippen molar-refractivity contribution in [1.29, 1.82) is 0 Å².